The van der Waals surface area contributed by atoms with Crippen molar-refractivity contribution in [2.75, 3.05) is 18.4 Å². The van der Waals surface area contributed by atoms with Crippen LogP contribution in [0.4, 0.5) is 10.1 Å². The normalized spacial score (nSPS) is 16.5. The largest absolute Gasteiger partial charge is 0.341 e. The van der Waals surface area contributed by atoms with E-state index in [0.717, 1.165) is 24.2 Å². The Bertz CT molecular complexity index is 1200. The van der Waals surface area contributed by atoms with Crippen LogP contribution < -0.4 is 10.9 Å². The Morgan fingerprint density at radius 1 is 1.29 bits per heavy atom. The Morgan fingerprint density at radius 2 is 2.03 bits per heavy atom. The SMILES string of the molecule is Cc1c(C(=O)Nc2ccc(F)cc2)sc2ncn(CC(=O)N3CCCC(C)C3)c(=O)c12. The molecular formula is C22H23FN4O3S. The minimum Gasteiger partial charge on any atom is -0.341 e. The second-order valence-corrected chi connectivity index (χ2v) is 8.96. The van der Waals surface area contributed by atoms with E-state index < -0.39 is 11.7 Å². The topological polar surface area (TPSA) is 84.3 Å². The second kappa shape index (κ2) is 8.58. The van der Waals surface area contributed by atoms with Crippen LogP contribution in [0.15, 0.2) is 35.4 Å². The summed E-state index contributed by atoms with van der Waals surface area (Å²) in [6.07, 6.45) is 3.44. The van der Waals surface area contributed by atoms with Gasteiger partial charge in [0.2, 0.25) is 5.91 Å². The van der Waals surface area contributed by atoms with Crippen molar-refractivity contribution in [1.29, 1.82) is 0 Å². The number of anilines is 1. The number of hydrogen-bond donors (Lipinski definition) is 1. The molecule has 31 heavy (non-hydrogen) atoms. The predicted molar refractivity (Wildman–Crippen MR) is 118 cm³/mol. The molecule has 2 amide bonds. The van der Waals surface area contributed by atoms with Crippen molar-refractivity contribution in [3.63, 3.8) is 0 Å². The Balaban J connectivity index is 1.58. The first kappa shape index (κ1) is 21.2. The lowest BCUT2D eigenvalue weighted by molar-refractivity contribution is -0.133. The highest BCUT2D eigenvalue weighted by Crippen LogP contribution is 2.27. The molecule has 4 rings (SSSR count). The summed E-state index contributed by atoms with van der Waals surface area (Å²) in [7, 11) is 0. The first-order chi connectivity index (χ1) is 14.8. The lowest BCUT2D eigenvalue weighted by atomic mass is 10.0. The number of aromatic nitrogens is 2. The first-order valence-electron chi connectivity index (χ1n) is 10.2. The summed E-state index contributed by atoms with van der Waals surface area (Å²) >= 11 is 1.12. The van der Waals surface area contributed by atoms with Crippen molar-refractivity contribution in [1.82, 2.24) is 14.5 Å². The van der Waals surface area contributed by atoms with Gasteiger partial charge < -0.3 is 10.2 Å². The lowest BCUT2D eigenvalue weighted by Crippen LogP contribution is -2.42. The second-order valence-electron chi connectivity index (χ2n) is 7.96. The molecule has 1 aliphatic heterocycles. The van der Waals surface area contributed by atoms with E-state index in [1.807, 2.05) is 0 Å². The molecule has 1 N–H and O–H groups in total. The number of halogens is 1. The number of hydrogen-bond acceptors (Lipinski definition) is 5. The average Bonchev–Trinajstić information content (AvgIpc) is 3.09. The summed E-state index contributed by atoms with van der Waals surface area (Å²) in [4.78, 5) is 45.4. The van der Waals surface area contributed by atoms with Gasteiger partial charge >= 0.3 is 0 Å². The van der Waals surface area contributed by atoms with Crippen molar-refractivity contribution in [2.24, 2.45) is 5.92 Å². The van der Waals surface area contributed by atoms with Crippen LogP contribution in [0.25, 0.3) is 10.2 Å². The van der Waals surface area contributed by atoms with Crippen LogP contribution in [-0.2, 0) is 11.3 Å². The Morgan fingerprint density at radius 3 is 2.74 bits per heavy atom. The fourth-order valence-electron chi connectivity index (χ4n) is 3.87. The van der Waals surface area contributed by atoms with Crippen LogP contribution in [0.1, 0.15) is 35.0 Å². The molecule has 3 heterocycles. The third-order valence-electron chi connectivity index (χ3n) is 5.54. The lowest BCUT2D eigenvalue weighted by Gasteiger charge is -2.31. The number of nitrogens with one attached hydrogen (secondary N) is 1. The van der Waals surface area contributed by atoms with E-state index >= 15 is 0 Å². The summed E-state index contributed by atoms with van der Waals surface area (Å²) in [6, 6.07) is 5.45. The highest BCUT2D eigenvalue weighted by molar-refractivity contribution is 7.20. The molecule has 0 aliphatic carbocycles. The maximum atomic E-state index is 13.1. The Hall–Kier alpha value is -3.07. The molecule has 9 heteroatoms. The minimum atomic E-state index is -0.394. The molecule has 1 fully saturated rings. The number of piperidine rings is 1. The van der Waals surface area contributed by atoms with Gasteiger partial charge in [-0.2, -0.15) is 0 Å². The Kier molecular flexibility index (Phi) is 5.86. The predicted octanol–water partition coefficient (Wildman–Crippen LogP) is 3.42. The molecule has 0 saturated carbocycles. The van der Waals surface area contributed by atoms with Gasteiger partial charge in [0.15, 0.2) is 0 Å². The highest BCUT2D eigenvalue weighted by Gasteiger charge is 2.23. The van der Waals surface area contributed by atoms with Crippen molar-refractivity contribution < 1.29 is 14.0 Å². The maximum absolute atomic E-state index is 13.1. The highest BCUT2D eigenvalue weighted by atomic mass is 32.1. The van der Waals surface area contributed by atoms with Gasteiger partial charge in [-0.3, -0.25) is 19.0 Å². The fourth-order valence-corrected chi connectivity index (χ4v) is 4.91. The Labute approximate surface area is 182 Å². The van der Waals surface area contributed by atoms with Crippen LogP contribution in [0.3, 0.4) is 0 Å². The number of rotatable bonds is 4. The zero-order valence-electron chi connectivity index (χ0n) is 17.4. The third kappa shape index (κ3) is 4.36. The van der Waals surface area contributed by atoms with Gasteiger partial charge in [-0.05, 0) is 55.5 Å². The summed E-state index contributed by atoms with van der Waals surface area (Å²) in [6.45, 7) is 5.15. The number of nitrogens with zero attached hydrogens (tertiary/aromatic N) is 3. The zero-order valence-corrected chi connectivity index (χ0v) is 18.2. The molecule has 7 nitrogen and oxygen atoms in total. The van der Waals surface area contributed by atoms with E-state index in [1.54, 1.807) is 11.8 Å². The van der Waals surface area contributed by atoms with E-state index in [1.165, 1.54) is 35.2 Å². The molecule has 1 atom stereocenters. The van der Waals surface area contributed by atoms with Gasteiger partial charge in [-0.15, -0.1) is 11.3 Å². The van der Waals surface area contributed by atoms with E-state index in [9.17, 15) is 18.8 Å². The number of benzene rings is 1. The van der Waals surface area contributed by atoms with Crippen molar-refractivity contribution in [3.8, 4) is 0 Å². The molecular weight excluding hydrogens is 419 g/mol. The van der Waals surface area contributed by atoms with Crippen molar-refractivity contribution in [3.05, 3.63) is 57.2 Å². The van der Waals surface area contributed by atoms with E-state index in [4.69, 9.17) is 0 Å². The molecule has 162 valence electrons. The summed E-state index contributed by atoms with van der Waals surface area (Å²) in [5.41, 5.74) is 0.637. The number of carbonyl (C=O) groups excluding carboxylic acids is 2. The third-order valence-corrected chi connectivity index (χ3v) is 6.74. The van der Waals surface area contributed by atoms with Gasteiger partial charge in [-0.25, -0.2) is 9.37 Å². The number of fused-ring (bicyclic) bond motifs is 1. The monoisotopic (exact) mass is 442 g/mol. The van der Waals surface area contributed by atoms with Crippen LogP contribution in [0.2, 0.25) is 0 Å². The standard InChI is InChI=1S/C22H23FN4O3S/c1-13-4-3-9-26(10-13)17(28)11-27-12-24-21-18(22(27)30)14(2)19(31-21)20(29)25-16-7-5-15(23)6-8-16/h5-8,12-13H,3-4,9-11H2,1-2H3,(H,25,29). The van der Waals surface area contributed by atoms with Crippen molar-refractivity contribution >= 4 is 39.1 Å². The van der Waals surface area contributed by atoms with E-state index in [0.29, 0.717) is 45.4 Å². The van der Waals surface area contributed by atoms with Crippen molar-refractivity contribution in [2.45, 2.75) is 33.2 Å². The van der Waals surface area contributed by atoms with Gasteiger partial charge in [0.1, 0.15) is 17.2 Å². The number of amides is 2. The number of thiophene rings is 1. The molecule has 3 aromatic rings. The fraction of sp³-hybridized carbons (Fsp3) is 0.364. The van der Waals surface area contributed by atoms with Crippen LogP contribution in [0.5, 0.6) is 0 Å². The molecule has 2 aromatic heterocycles. The number of aryl methyl sites for hydroxylation is 1. The molecule has 0 radical (unpaired) electrons. The number of carbonyl (C=O) groups is 2. The number of likely N-dealkylation sites (tertiary alicyclic amines) is 1. The molecule has 1 unspecified atom stereocenters. The summed E-state index contributed by atoms with van der Waals surface area (Å²) in [5.74, 6) is -0.431. The van der Waals surface area contributed by atoms with E-state index in [2.05, 4.69) is 17.2 Å². The molecule has 0 spiro atoms. The quantitative estimate of drug-likeness (QED) is 0.671. The van der Waals surface area contributed by atoms with Gasteiger partial charge in [-0.1, -0.05) is 6.92 Å². The van der Waals surface area contributed by atoms with E-state index in [-0.39, 0.29) is 18.0 Å². The van der Waals surface area contributed by atoms with Crippen LogP contribution >= 0.6 is 11.3 Å². The molecule has 0 bridgehead atoms. The maximum Gasteiger partial charge on any atom is 0.266 e. The average molecular weight is 443 g/mol. The zero-order chi connectivity index (χ0) is 22.1. The van der Waals surface area contributed by atoms with Crippen LogP contribution in [-0.4, -0.2) is 39.4 Å². The smallest absolute Gasteiger partial charge is 0.266 e. The first-order valence-corrected chi connectivity index (χ1v) is 11.0. The van der Waals surface area contributed by atoms with Gasteiger partial charge in [0.05, 0.1) is 16.6 Å². The van der Waals surface area contributed by atoms with Gasteiger partial charge in [0, 0.05) is 18.8 Å². The van der Waals surface area contributed by atoms with Crippen LogP contribution in [0, 0.1) is 18.7 Å². The summed E-state index contributed by atoms with van der Waals surface area (Å²) in [5, 5.41) is 3.05. The minimum absolute atomic E-state index is 0.0686. The molecule has 1 saturated heterocycles. The molecule has 1 aliphatic rings. The van der Waals surface area contributed by atoms with Gasteiger partial charge in [0.25, 0.3) is 11.5 Å². The summed E-state index contributed by atoms with van der Waals surface area (Å²) < 4.78 is 14.4. The molecule has 1 aromatic carbocycles.